The zero-order chi connectivity index (χ0) is 16.0. The van der Waals surface area contributed by atoms with Crippen LogP contribution in [0.5, 0.6) is 5.75 Å². The molecule has 4 atom stereocenters. The molecule has 1 aromatic carbocycles. The maximum absolute atomic E-state index is 12.7. The molecule has 1 saturated carbocycles. The Labute approximate surface area is 135 Å². The van der Waals surface area contributed by atoms with E-state index < -0.39 is 17.6 Å². The highest BCUT2D eigenvalue weighted by molar-refractivity contribution is 6.00. The van der Waals surface area contributed by atoms with Crippen LogP contribution in [0.2, 0.25) is 0 Å². The number of carbonyl (C=O) groups excluding carboxylic acids is 2. The van der Waals surface area contributed by atoms with E-state index in [-0.39, 0.29) is 24.3 Å². The molecule has 122 valence electrons. The average molecular weight is 315 g/mol. The summed E-state index contributed by atoms with van der Waals surface area (Å²) in [4.78, 5) is 25.2. The molecule has 1 aromatic rings. The number of esters is 1. The van der Waals surface area contributed by atoms with E-state index in [0.717, 1.165) is 37.0 Å². The number of hydrogen-bond donors (Lipinski definition) is 1. The van der Waals surface area contributed by atoms with Gasteiger partial charge in [-0.3, -0.25) is 9.59 Å². The summed E-state index contributed by atoms with van der Waals surface area (Å²) in [6.07, 6.45) is 3.87. The third kappa shape index (κ3) is 2.06. The van der Waals surface area contributed by atoms with E-state index in [0.29, 0.717) is 0 Å². The lowest BCUT2D eigenvalue weighted by molar-refractivity contribution is -0.171. The fourth-order valence-electron chi connectivity index (χ4n) is 4.56. The van der Waals surface area contributed by atoms with Gasteiger partial charge in [-0.1, -0.05) is 24.6 Å². The van der Waals surface area contributed by atoms with Crippen LogP contribution >= 0.6 is 0 Å². The number of fused-ring (bicyclic) bond motifs is 2. The molecule has 0 unspecified atom stereocenters. The van der Waals surface area contributed by atoms with Crippen molar-refractivity contribution in [2.24, 2.45) is 11.8 Å². The normalized spacial score (nSPS) is 34.5. The maximum Gasteiger partial charge on any atom is 0.319 e. The fraction of sp³-hybridized carbons (Fsp3) is 0.556. The topological polar surface area (TPSA) is 64.6 Å². The average Bonchev–Trinajstić information content (AvgIpc) is 2.54. The van der Waals surface area contributed by atoms with Crippen molar-refractivity contribution in [1.82, 2.24) is 5.32 Å². The Morgan fingerprint density at radius 3 is 3.04 bits per heavy atom. The standard InChI is InChI=1S/C18H21NO4/c1-2-22-17(21)15-14-11-7-3-4-9-13(11)23-18(19-16(15)20)10-6-5-8-12(14)18/h3-4,7,9,12,14-15H,2,5-6,8,10H2,1H3,(H,19,20)/t12-,14+,15-,18-/m1/s1. The highest BCUT2D eigenvalue weighted by Crippen LogP contribution is 2.55. The molecular weight excluding hydrogens is 294 g/mol. The van der Waals surface area contributed by atoms with Crippen LogP contribution in [0.1, 0.15) is 44.1 Å². The van der Waals surface area contributed by atoms with Gasteiger partial charge in [0.15, 0.2) is 5.72 Å². The second-order valence-corrected chi connectivity index (χ2v) is 6.63. The van der Waals surface area contributed by atoms with Crippen LogP contribution in [0.3, 0.4) is 0 Å². The van der Waals surface area contributed by atoms with Crippen molar-refractivity contribution in [2.75, 3.05) is 6.61 Å². The van der Waals surface area contributed by atoms with E-state index >= 15 is 0 Å². The number of carbonyl (C=O) groups is 2. The lowest BCUT2D eigenvalue weighted by Crippen LogP contribution is -2.69. The first kappa shape index (κ1) is 14.5. The Kier molecular flexibility index (Phi) is 3.32. The SMILES string of the molecule is CCOC(=O)[C@H]1C(=O)N[C@@]23CCCC[C@@H]2[C@@H]1c1ccccc1O3. The quantitative estimate of drug-likeness (QED) is 0.672. The minimum atomic E-state index is -0.781. The molecular formula is C18H21NO4. The van der Waals surface area contributed by atoms with Crippen LogP contribution in [-0.4, -0.2) is 24.2 Å². The van der Waals surface area contributed by atoms with Gasteiger partial charge in [0.1, 0.15) is 11.7 Å². The van der Waals surface area contributed by atoms with Crippen LogP contribution in [0, 0.1) is 11.8 Å². The Bertz CT molecular complexity index is 658. The molecule has 2 fully saturated rings. The number of benzene rings is 1. The van der Waals surface area contributed by atoms with Crippen molar-refractivity contribution >= 4 is 11.9 Å². The summed E-state index contributed by atoms with van der Waals surface area (Å²) in [5.74, 6) is -0.723. The van der Waals surface area contributed by atoms with E-state index in [2.05, 4.69) is 5.32 Å². The Hall–Kier alpha value is -2.04. The van der Waals surface area contributed by atoms with Gasteiger partial charge in [0.2, 0.25) is 5.91 Å². The van der Waals surface area contributed by atoms with Crippen molar-refractivity contribution in [3.8, 4) is 5.75 Å². The molecule has 1 amide bonds. The molecule has 1 N–H and O–H groups in total. The molecule has 0 spiro atoms. The highest BCUT2D eigenvalue weighted by Gasteiger charge is 2.61. The summed E-state index contributed by atoms with van der Waals surface area (Å²) in [6, 6.07) is 7.76. The van der Waals surface area contributed by atoms with Crippen LogP contribution in [-0.2, 0) is 14.3 Å². The van der Waals surface area contributed by atoms with Gasteiger partial charge in [-0.25, -0.2) is 0 Å². The summed E-state index contributed by atoms with van der Waals surface area (Å²) in [5.41, 5.74) is 0.306. The predicted molar refractivity (Wildman–Crippen MR) is 82.8 cm³/mol. The van der Waals surface area contributed by atoms with E-state index in [1.165, 1.54) is 0 Å². The molecule has 5 nitrogen and oxygen atoms in total. The number of para-hydroxylation sites is 1. The number of piperidine rings is 1. The Morgan fingerprint density at radius 2 is 2.22 bits per heavy atom. The molecule has 1 aliphatic carbocycles. The van der Waals surface area contributed by atoms with Crippen molar-refractivity contribution in [3.05, 3.63) is 29.8 Å². The van der Waals surface area contributed by atoms with Crippen LogP contribution < -0.4 is 10.1 Å². The van der Waals surface area contributed by atoms with Gasteiger partial charge in [-0.15, -0.1) is 0 Å². The van der Waals surface area contributed by atoms with Crippen LogP contribution in [0.15, 0.2) is 24.3 Å². The maximum atomic E-state index is 12.7. The van der Waals surface area contributed by atoms with Crippen molar-refractivity contribution in [1.29, 1.82) is 0 Å². The molecule has 4 rings (SSSR count). The zero-order valence-electron chi connectivity index (χ0n) is 13.2. The lowest BCUT2D eigenvalue weighted by Gasteiger charge is -2.55. The van der Waals surface area contributed by atoms with Gasteiger partial charge in [-0.2, -0.15) is 0 Å². The first-order valence-electron chi connectivity index (χ1n) is 8.43. The van der Waals surface area contributed by atoms with Crippen molar-refractivity contribution in [2.45, 2.75) is 44.2 Å². The smallest absolute Gasteiger partial charge is 0.319 e. The minimum absolute atomic E-state index is 0.123. The number of ether oxygens (including phenoxy) is 2. The molecule has 2 aliphatic heterocycles. The van der Waals surface area contributed by atoms with Gasteiger partial charge in [-0.05, 0) is 31.4 Å². The second kappa shape index (κ2) is 5.25. The monoisotopic (exact) mass is 315 g/mol. The molecule has 1 saturated heterocycles. The van der Waals surface area contributed by atoms with E-state index in [9.17, 15) is 9.59 Å². The lowest BCUT2D eigenvalue weighted by atomic mass is 9.62. The molecule has 2 heterocycles. The summed E-state index contributed by atoms with van der Waals surface area (Å²) < 4.78 is 11.5. The Balaban J connectivity index is 1.85. The summed E-state index contributed by atoms with van der Waals surface area (Å²) >= 11 is 0. The molecule has 2 bridgehead atoms. The first-order chi connectivity index (χ1) is 11.2. The van der Waals surface area contributed by atoms with Gasteiger partial charge in [0.25, 0.3) is 0 Å². The molecule has 0 aromatic heterocycles. The molecule has 5 heteroatoms. The second-order valence-electron chi connectivity index (χ2n) is 6.63. The number of hydrogen-bond acceptors (Lipinski definition) is 4. The summed E-state index contributed by atoms with van der Waals surface area (Å²) in [7, 11) is 0. The fourth-order valence-corrected chi connectivity index (χ4v) is 4.56. The van der Waals surface area contributed by atoms with Gasteiger partial charge < -0.3 is 14.8 Å². The van der Waals surface area contributed by atoms with Crippen LogP contribution in [0.25, 0.3) is 0 Å². The number of rotatable bonds is 2. The van der Waals surface area contributed by atoms with Gasteiger partial charge in [0, 0.05) is 18.3 Å². The Morgan fingerprint density at radius 1 is 1.39 bits per heavy atom. The molecule has 3 aliphatic rings. The molecule has 0 radical (unpaired) electrons. The number of nitrogens with one attached hydrogen (secondary N) is 1. The summed E-state index contributed by atoms with van der Waals surface area (Å²) in [5, 5.41) is 3.03. The minimum Gasteiger partial charge on any atom is -0.467 e. The van der Waals surface area contributed by atoms with Gasteiger partial charge in [0.05, 0.1) is 6.61 Å². The van der Waals surface area contributed by atoms with E-state index in [1.54, 1.807) is 6.92 Å². The molecule has 23 heavy (non-hydrogen) atoms. The van der Waals surface area contributed by atoms with E-state index in [1.807, 2.05) is 24.3 Å². The van der Waals surface area contributed by atoms with Crippen molar-refractivity contribution in [3.63, 3.8) is 0 Å². The third-order valence-electron chi connectivity index (χ3n) is 5.43. The van der Waals surface area contributed by atoms with Crippen molar-refractivity contribution < 1.29 is 19.1 Å². The summed E-state index contributed by atoms with van der Waals surface area (Å²) in [6.45, 7) is 2.05. The third-order valence-corrected chi connectivity index (χ3v) is 5.43. The zero-order valence-corrected chi connectivity index (χ0v) is 13.2. The number of amides is 1. The van der Waals surface area contributed by atoms with Gasteiger partial charge >= 0.3 is 5.97 Å². The first-order valence-corrected chi connectivity index (χ1v) is 8.43. The highest BCUT2D eigenvalue weighted by atomic mass is 16.5. The van der Waals surface area contributed by atoms with E-state index in [4.69, 9.17) is 9.47 Å². The largest absolute Gasteiger partial charge is 0.467 e. The predicted octanol–water partition coefficient (Wildman–Crippen LogP) is 2.36. The van der Waals surface area contributed by atoms with Crippen LogP contribution in [0.4, 0.5) is 0 Å².